The molecule has 2 N–H and O–H groups in total. The lowest BCUT2D eigenvalue weighted by molar-refractivity contribution is 0.317. The number of aromatic nitrogens is 1. The predicted molar refractivity (Wildman–Crippen MR) is 69.5 cm³/mol. The monoisotopic (exact) mass is 235 g/mol. The van der Waals surface area contributed by atoms with Gasteiger partial charge in [-0.15, -0.1) is 0 Å². The highest BCUT2D eigenvalue weighted by Crippen LogP contribution is 2.22. The Morgan fingerprint density at radius 2 is 2.53 bits per heavy atom. The summed E-state index contributed by atoms with van der Waals surface area (Å²) in [7, 11) is 0. The third-order valence-corrected chi connectivity index (χ3v) is 2.87. The molecule has 0 bridgehead atoms. The van der Waals surface area contributed by atoms with Crippen molar-refractivity contribution in [1.82, 2.24) is 10.3 Å². The molecule has 1 aromatic heterocycles. The minimum atomic E-state index is 0.461. The topological polar surface area (TPSA) is 46.2 Å². The molecule has 1 saturated heterocycles. The second-order valence-corrected chi connectivity index (χ2v) is 4.39. The van der Waals surface area contributed by atoms with Crippen molar-refractivity contribution in [2.45, 2.75) is 32.2 Å². The molecule has 94 valence electrons. The lowest BCUT2D eigenvalue weighted by Crippen LogP contribution is -2.38. The van der Waals surface area contributed by atoms with Gasteiger partial charge >= 0.3 is 0 Å². The molecule has 0 saturated carbocycles. The number of hydrogen-bond donors (Lipinski definition) is 2. The van der Waals surface area contributed by atoms with Gasteiger partial charge in [-0.1, -0.05) is 6.92 Å². The Labute approximate surface area is 103 Å². The van der Waals surface area contributed by atoms with Gasteiger partial charge in [0.05, 0.1) is 6.61 Å². The van der Waals surface area contributed by atoms with Crippen molar-refractivity contribution >= 4 is 5.82 Å². The quantitative estimate of drug-likeness (QED) is 0.820. The van der Waals surface area contributed by atoms with E-state index in [0.29, 0.717) is 6.04 Å². The highest BCUT2D eigenvalue weighted by atomic mass is 16.5. The fourth-order valence-electron chi connectivity index (χ4n) is 2.00. The van der Waals surface area contributed by atoms with Crippen molar-refractivity contribution < 1.29 is 4.74 Å². The van der Waals surface area contributed by atoms with E-state index < -0.39 is 0 Å². The zero-order valence-electron chi connectivity index (χ0n) is 10.4. The van der Waals surface area contributed by atoms with E-state index in [2.05, 4.69) is 22.5 Å². The summed E-state index contributed by atoms with van der Waals surface area (Å²) in [6.45, 7) is 4.97. The lowest BCUT2D eigenvalue weighted by Gasteiger charge is -2.25. The fourth-order valence-corrected chi connectivity index (χ4v) is 2.00. The first-order valence-electron chi connectivity index (χ1n) is 6.45. The summed E-state index contributed by atoms with van der Waals surface area (Å²) >= 11 is 0. The van der Waals surface area contributed by atoms with Crippen LogP contribution in [0, 0.1) is 0 Å². The molecule has 1 aliphatic rings. The van der Waals surface area contributed by atoms with Crippen molar-refractivity contribution in [1.29, 1.82) is 0 Å². The minimum Gasteiger partial charge on any atom is -0.490 e. The second kappa shape index (κ2) is 6.45. The van der Waals surface area contributed by atoms with Crippen LogP contribution in [0.1, 0.15) is 26.2 Å². The molecule has 1 unspecified atom stereocenters. The van der Waals surface area contributed by atoms with E-state index in [1.165, 1.54) is 12.8 Å². The number of pyridine rings is 1. The van der Waals surface area contributed by atoms with Crippen LogP contribution < -0.4 is 15.4 Å². The van der Waals surface area contributed by atoms with Crippen LogP contribution in [0.15, 0.2) is 18.3 Å². The molecule has 4 nitrogen and oxygen atoms in total. The van der Waals surface area contributed by atoms with Crippen molar-refractivity contribution in [3.05, 3.63) is 18.3 Å². The first kappa shape index (κ1) is 12.2. The van der Waals surface area contributed by atoms with Gasteiger partial charge in [-0.3, -0.25) is 0 Å². The number of ether oxygens (including phenoxy) is 1. The van der Waals surface area contributed by atoms with Crippen LogP contribution in [0.5, 0.6) is 5.75 Å². The van der Waals surface area contributed by atoms with E-state index in [4.69, 9.17) is 4.74 Å². The van der Waals surface area contributed by atoms with Crippen molar-refractivity contribution in [2.24, 2.45) is 0 Å². The largest absolute Gasteiger partial charge is 0.490 e. The number of anilines is 1. The number of hydrogen-bond acceptors (Lipinski definition) is 4. The van der Waals surface area contributed by atoms with E-state index in [0.717, 1.165) is 37.7 Å². The Bertz CT molecular complexity index is 337. The zero-order chi connectivity index (χ0) is 11.9. The zero-order valence-corrected chi connectivity index (χ0v) is 10.4. The lowest BCUT2D eigenvalue weighted by atomic mass is 10.1. The molecule has 2 rings (SSSR count). The van der Waals surface area contributed by atoms with Crippen molar-refractivity contribution in [3.8, 4) is 5.75 Å². The average molecular weight is 235 g/mol. The third kappa shape index (κ3) is 3.60. The Morgan fingerprint density at radius 1 is 1.59 bits per heavy atom. The maximum Gasteiger partial charge on any atom is 0.169 e. The average Bonchev–Trinajstić information content (AvgIpc) is 2.39. The molecule has 0 aliphatic carbocycles. The van der Waals surface area contributed by atoms with Gasteiger partial charge in [0.2, 0.25) is 0 Å². The predicted octanol–water partition coefficient (Wildman–Crippen LogP) is 2.03. The summed E-state index contributed by atoms with van der Waals surface area (Å²) in [6.07, 6.45) is 5.23. The first-order chi connectivity index (χ1) is 8.40. The smallest absolute Gasteiger partial charge is 0.169 e. The fraction of sp³-hybridized carbons (Fsp3) is 0.615. The van der Waals surface area contributed by atoms with Gasteiger partial charge in [-0.05, 0) is 37.9 Å². The summed E-state index contributed by atoms with van der Waals surface area (Å²) in [5.74, 6) is 1.73. The summed E-state index contributed by atoms with van der Waals surface area (Å²) in [4.78, 5) is 4.36. The molecule has 1 aliphatic heterocycles. The van der Waals surface area contributed by atoms with E-state index in [1.54, 1.807) is 6.20 Å². The van der Waals surface area contributed by atoms with Crippen LogP contribution >= 0.6 is 0 Å². The van der Waals surface area contributed by atoms with E-state index in [1.807, 2.05) is 12.1 Å². The van der Waals surface area contributed by atoms with Crippen LogP contribution in [0.3, 0.4) is 0 Å². The molecule has 1 atom stereocenters. The molecule has 1 aromatic rings. The molecular weight excluding hydrogens is 214 g/mol. The summed E-state index contributed by atoms with van der Waals surface area (Å²) in [5.41, 5.74) is 0. The van der Waals surface area contributed by atoms with Crippen LogP contribution in [0.25, 0.3) is 0 Å². The Morgan fingerprint density at radius 3 is 3.29 bits per heavy atom. The van der Waals surface area contributed by atoms with Crippen molar-refractivity contribution in [2.75, 3.05) is 25.0 Å². The summed E-state index contributed by atoms with van der Waals surface area (Å²) < 4.78 is 5.68. The highest BCUT2D eigenvalue weighted by Gasteiger charge is 2.14. The van der Waals surface area contributed by atoms with Gasteiger partial charge in [-0.2, -0.15) is 0 Å². The maximum atomic E-state index is 5.68. The Hall–Kier alpha value is -1.29. The highest BCUT2D eigenvalue weighted by molar-refractivity contribution is 5.50. The molecule has 0 aromatic carbocycles. The molecular formula is C13H21N3O. The van der Waals surface area contributed by atoms with Crippen LogP contribution in [-0.2, 0) is 0 Å². The standard InChI is InChI=1S/C13H21N3O/c1-2-9-17-12-6-4-8-15-13(12)16-11-5-3-7-14-10-11/h4,6,8,11,14H,2-3,5,7,9-10H2,1H3,(H,15,16). The number of nitrogens with zero attached hydrogens (tertiary/aromatic N) is 1. The van der Waals surface area contributed by atoms with Gasteiger partial charge in [0.25, 0.3) is 0 Å². The molecule has 0 amide bonds. The van der Waals surface area contributed by atoms with Crippen LogP contribution in [-0.4, -0.2) is 30.7 Å². The molecule has 4 heteroatoms. The third-order valence-electron chi connectivity index (χ3n) is 2.87. The van der Waals surface area contributed by atoms with Crippen molar-refractivity contribution in [3.63, 3.8) is 0 Å². The van der Waals surface area contributed by atoms with Gasteiger partial charge in [0.1, 0.15) is 0 Å². The Balaban J connectivity index is 1.98. The van der Waals surface area contributed by atoms with Crippen LogP contribution in [0.2, 0.25) is 0 Å². The SMILES string of the molecule is CCCOc1cccnc1NC1CCCNC1. The second-order valence-electron chi connectivity index (χ2n) is 4.39. The van der Waals surface area contributed by atoms with Gasteiger partial charge in [0.15, 0.2) is 11.6 Å². The molecule has 2 heterocycles. The first-order valence-corrected chi connectivity index (χ1v) is 6.45. The van der Waals surface area contributed by atoms with E-state index in [9.17, 15) is 0 Å². The molecule has 1 fully saturated rings. The minimum absolute atomic E-state index is 0.461. The van der Waals surface area contributed by atoms with E-state index in [-0.39, 0.29) is 0 Å². The summed E-state index contributed by atoms with van der Waals surface area (Å²) in [5, 5.41) is 6.85. The normalized spacial score (nSPS) is 19.9. The number of nitrogens with one attached hydrogen (secondary N) is 2. The van der Waals surface area contributed by atoms with E-state index >= 15 is 0 Å². The Kier molecular flexibility index (Phi) is 4.62. The van der Waals surface area contributed by atoms with Gasteiger partial charge in [0, 0.05) is 18.8 Å². The molecule has 0 spiro atoms. The molecule has 0 radical (unpaired) electrons. The number of piperidine rings is 1. The van der Waals surface area contributed by atoms with Crippen LogP contribution in [0.4, 0.5) is 5.82 Å². The number of rotatable bonds is 5. The molecule has 17 heavy (non-hydrogen) atoms. The van der Waals surface area contributed by atoms with Gasteiger partial charge in [-0.25, -0.2) is 4.98 Å². The summed E-state index contributed by atoms with van der Waals surface area (Å²) in [6, 6.07) is 4.35. The van der Waals surface area contributed by atoms with Gasteiger partial charge < -0.3 is 15.4 Å². The maximum absolute atomic E-state index is 5.68.